The maximum absolute atomic E-state index is 13.2. The molecule has 1 aromatic rings. The molecule has 2 N–H and O–H groups in total. The fourth-order valence-electron chi connectivity index (χ4n) is 2.39. The van der Waals surface area contributed by atoms with E-state index >= 15 is 0 Å². The van der Waals surface area contributed by atoms with E-state index in [4.69, 9.17) is 22.1 Å². The molecular formula is C16H18ClFN2O3. The topological polar surface area (TPSA) is 72.6 Å². The predicted octanol–water partition coefficient (Wildman–Crippen LogP) is 2.38. The first kappa shape index (κ1) is 17.3. The first-order chi connectivity index (χ1) is 10.9. The highest BCUT2D eigenvalue weighted by atomic mass is 35.5. The minimum atomic E-state index is -0.589. The van der Waals surface area contributed by atoms with Crippen molar-refractivity contribution < 1.29 is 18.7 Å². The molecule has 0 unspecified atom stereocenters. The van der Waals surface area contributed by atoms with Crippen LogP contribution in [0, 0.1) is 5.82 Å². The molecule has 7 heteroatoms. The van der Waals surface area contributed by atoms with Gasteiger partial charge in [0.25, 0.3) is 0 Å². The van der Waals surface area contributed by atoms with Crippen LogP contribution in [0.3, 0.4) is 0 Å². The van der Waals surface area contributed by atoms with E-state index in [9.17, 15) is 14.0 Å². The summed E-state index contributed by atoms with van der Waals surface area (Å²) < 4.78 is 18.0. The molecule has 2 rings (SSSR count). The first-order valence-corrected chi connectivity index (χ1v) is 7.66. The Bertz CT molecular complexity index is 661. The van der Waals surface area contributed by atoms with Gasteiger partial charge in [0.15, 0.2) is 0 Å². The Hall–Kier alpha value is -2.08. The van der Waals surface area contributed by atoms with Crippen molar-refractivity contribution in [2.75, 3.05) is 13.2 Å². The van der Waals surface area contributed by atoms with Gasteiger partial charge in [-0.15, -0.1) is 0 Å². The lowest BCUT2D eigenvalue weighted by Gasteiger charge is -2.29. The molecule has 23 heavy (non-hydrogen) atoms. The van der Waals surface area contributed by atoms with E-state index in [1.54, 1.807) is 17.9 Å². The summed E-state index contributed by atoms with van der Waals surface area (Å²) in [6, 6.07) is 4.37. The second kappa shape index (κ2) is 7.46. The molecule has 0 saturated carbocycles. The summed E-state index contributed by atoms with van der Waals surface area (Å²) in [6.45, 7) is 2.70. The molecule has 0 aliphatic carbocycles. The minimum absolute atomic E-state index is 0.0182. The Morgan fingerprint density at radius 3 is 2.83 bits per heavy atom. The molecule has 0 radical (unpaired) electrons. The summed E-state index contributed by atoms with van der Waals surface area (Å²) in [5, 5.41) is 0.0269. The summed E-state index contributed by atoms with van der Waals surface area (Å²) in [4.78, 5) is 25.5. The van der Waals surface area contributed by atoms with E-state index in [1.807, 2.05) is 0 Å². The third kappa shape index (κ3) is 4.22. The van der Waals surface area contributed by atoms with Crippen molar-refractivity contribution in [1.82, 2.24) is 4.90 Å². The number of hydrogen-bond donors (Lipinski definition) is 1. The van der Waals surface area contributed by atoms with Crippen LogP contribution in [0.25, 0.3) is 0 Å². The molecule has 5 nitrogen and oxygen atoms in total. The number of nitrogens with zero attached hydrogens (tertiary/aromatic N) is 1. The van der Waals surface area contributed by atoms with Gasteiger partial charge in [0.05, 0.1) is 18.1 Å². The van der Waals surface area contributed by atoms with Gasteiger partial charge in [0.1, 0.15) is 11.5 Å². The van der Waals surface area contributed by atoms with Gasteiger partial charge in [-0.25, -0.2) is 9.18 Å². The Kier molecular flexibility index (Phi) is 5.60. The third-order valence-corrected chi connectivity index (χ3v) is 3.92. The average molecular weight is 341 g/mol. The van der Waals surface area contributed by atoms with Crippen LogP contribution in [0.1, 0.15) is 25.3 Å². The Labute approximate surface area is 138 Å². The van der Waals surface area contributed by atoms with Gasteiger partial charge < -0.3 is 15.4 Å². The van der Waals surface area contributed by atoms with Crippen LogP contribution in [0.5, 0.6) is 0 Å². The van der Waals surface area contributed by atoms with Crippen LogP contribution >= 0.6 is 11.6 Å². The van der Waals surface area contributed by atoms with E-state index in [2.05, 4.69) is 0 Å². The van der Waals surface area contributed by atoms with Crippen LogP contribution in [0.4, 0.5) is 4.39 Å². The van der Waals surface area contributed by atoms with Crippen molar-refractivity contribution in [3.63, 3.8) is 0 Å². The van der Waals surface area contributed by atoms with E-state index in [0.29, 0.717) is 25.1 Å². The molecule has 1 saturated heterocycles. The quantitative estimate of drug-likeness (QED) is 0.674. The van der Waals surface area contributed by atoms with Crippen molar-refractivity contribution in [2.45, 2.75) is 26.3 Å². The maximum Gasteiger partial charge on any atom is 0.354 e. The first-order valence-electron chi connectivity index (χ1n) is 7.28. The average Bonchev–Trinajstić information content (AvgIpc) is 2.52. The third-order valence-electron chi connectivity index (χ3n) is 3.63. The number of nitrogens with two attached hydrogens (primary N) is 1. The van der Waals surface area contributed by atoms with E-state index < -0.39 is 11.8 Å². The van der Waals surface area contributed by atoms with Crippen molar-refractivity contribution in [3.8, 4) is 0 Å². The number of likely N-dealkylation sites (tertiary alicyclic amines) is 1. The summed E-state index contributed by atoms with van der Waals surface area (Å²) in [7, 11) is 0. The van der Waals surface area contributed by atoms with Gasteiger partial charge in [-0.2, -0.15) is 0 Å². The van der Waals surface area contributed by atoms with Gasteiger partial charge >= 0.3 is 5.97 Å². The number of rotatable bonds is 4. The Balaban J connectivity index is 2.04. The molecule has 0 atom stereocenters. The lowest BCUT2D eigenvalue weighted by molar-refractivity contribution is -0.138. The van der Waals surface area contributed by atoms with Crippen LogP contribution in [0.2, 0.25) is 5.02 Å². The van der Waals surface area contributed by atoms with Crippen molar-refractivity contribution in [1.29, 1.82) is 0 Å². The van der Waals surface area contributed by atoms with Crippen LogP contribution < -0.4 is 5.73 Å². The largest absolute Gasteiger partial charge is 0.461 e. The number of carbonyl (C=O) groups excluding carboxylic acids is 2. The molecular weight excluding hydrogens is 323 g/mol. The zero-order valence-corrected chi connectivity index (χ0v) is 13.5. The van der Waals surface area contributed by atoms with Crippen molar-refractivity contribution >= 4 is 23.5 Å². The standard InChI is InChI=1S/C16H18ClFN2O3/c1-2-23-16(22)15(19)11-5-6-20(14(21)8-11)9-10-3-4-13(18)12(17)7-10/h3-4,7H,2,5-6,8-9,19H2,1H3. The lowest BCUT2D eigenvalue weighted by atomic mass is 10.0. The Morgan fingerprint density at radius 2 is 2.22 bits per heavy atom. The number of hydrogen-bond acceptors (Lipinski definition) is 4. The highest BCUT2D eigenvalue weighted by Gasteiger charge is 2.25. The van der Waals surface area contributed by atoms with Gasteiger partial charge in [0, 0.05) is 13.1 Å². The number of ether oxygens (including phenoxy) is 1. The normalized spacial score (nSPS) is 17.2. The molecule has 1 aliphatic rings. The zero-order chi connectivity index (χ0) is 17.0. The second-order valence-electron chi connectivity index (χ2n) is 5.23. The highest BCUT2D eigenvalue weighted by Crippen LogP contribution is 2.23. The summed E-state index contributed by atoms with van der Waals surface area (Å²) in [6.07, 6.45) is 0.588. The highest BCUT2D eigenvalue weighted by molar-refractivity contribution is 6.30. The van der Waals surface area contributed by atoms with Gasteiger partial charge in [-0.3, -0.25) is 4.79 Å². The predicted molar refractivity (Wildman–Crippen MR) is 83.9 cm³/mol. The van der Waals surface area contributed by atoms with Gasteiger partial charge in [-0.1, -0.05) is 17.7 Å². The molecule has 1 aliphatic heterocycles. The van der Waals surface area contributed by atoms with E-state index in [0.717, 1.165) is 5.56 Å². The number of piperidine rings is 1. The van der Waals surface area contributed by atoms with Gasteiger partial charge in [-0.05, 0) is 36.6 Å². The molecule has 0 aromatic heterocycles. The summed E-state index contributed by atoms with van der Waals surface area (Å²) in [5.74, 6) is -1.22. The summed E-state index contributed by atoms with van der Waals surface area (Å²) in [5.41, 5.74) is 7.11. The number of benzene rings is 1. The molecule has 1 fully saturated rings. The van der Waals surface area contributed by atoms with Crippen molar-refractivity contribution in [3.05, 3.63) is 45.9 Å². The van der Waals surface area contributed by atoms with Crippen LogP contribution in [-0.4, -0.2) is 29.9 Å². The fourth-order valence-corrected chi connectivity index (χ4v) is 2.59. The molecule has 1 heterocycles. The SMILES string of the molecule is CCOC(=O)C(N)=C1CCN(Cc2ccc(F)c(Cl)c2)C(=O)C1. The number of amides is 1. The Morgan fingerprint density at radius 1 is 1.48 bits per heavy atom. The van der Waals surface area contributed by atoms with Gasteiger partial charge in [0.2, 0.25) is 5.91 Å². The van der Waals surface area contributed by atoms with Crippen LogP contribution in [-0.2, 0) is 20.9 Å². The fraction of sp³-hybridized carbons (Fsp3) is 0.375. The maximum atomic E-state index is 13.2. The second-order valence-corrected chi connectivity index (χ2v) is 5.64. The molecule has 1 amide bonds. The number of carbonyl (C=O) groups is 2. The number of halogens is 2. The number of esters is 1. The van der Waals surface area contributed by atoms with E-state index in [1.165, 1.54) is 12.1 Å². The smallest absolute Gasteiger partial charge is 0.354 e. The zero-order valence-electron chi connectivity index (χ0n) is 12.8. The minimum Gasteiger partial charge on any atom is -0.461 e. The van der Waals surface area contributed by atoms with Crippen LogP contribution in [0.15, 0.2) is 29.5 Å². The molecule has 124 valence electrons. The molecule has 0 bridgehead atoms. The van der Waals surface area contributed by atoms with Crippen molar-refractivity contribution in [2.24, 2.45) is 5.73 Å². The summed E-state index contributed by atoms with van der Waals surface area (Å²) >= 11 is 5.74. The lowest BCUT2D eigenvalue weighted by Crippen LogP contribution is -2.37. The molecule has 0 spiro atoms. The monoisotopic (exact) mass is 340 g/mol. The molecule has 1 aromatic carbocycles. The van der Waals surface area contributed by atoms with E-state index in [-0.39, 0.29) is 29.7 Å².